The number of carbonyl (C=O) groups excluding carboxylic acids is 1. The molecule has 6 nitrogen and oxygen atoms in total. The third-order valence-electron chi connectivity index (χ3n) is 3.08. The Morgan fingerprint density at radius 2 is 2.22 bits per heavy atom. The molecule has 1 aromatic heterocycles. The second kappa shape index (κ2) is 7.07. The molecule has 0 aliphatic carbocycles. The Bertz CT molecular complexity index is 748. The molecule has 23 heavy (non-hydrogen) atoms. The predicted molar refractivity (Wildman–Crippen MR) is 86.7 cm³/mol. The van der Waals surface area contributed by atoms with Gasteiger partial charge in [-0.25, -0.2) is 4.98 Å². The van der Waals surface area contributed by atoms with Crippen LogP contribution in [0.5, 0.6) is 0 Å². The lowest BCUT2D eigenvalue weighted by Gasteiger charge is -2.07. The Hall–Kier alpha value is -2.65. The van der Waals surface area contributed by atoms with E-state index < -0.39 is 5.60 Å². The van der Waals surface area contributed by atoms with E-state index in [-0.39, 0.29) is 5.91 Å². The fraction of sp³-hybridized carbons (Fsp3) is 0.353. The summed E-state index contributed by atoms with van der Waals surface area (Å²) >= 11 is 0. The van der Waals surface area contributed by atoms with Gasteiger partial charge in [-0.2, -0.15) is 5.10 Å². The van der Waals surface area contributed by atoms with Crippen LogP contribution in [0, 0.1) is 11.8 Å². The topological polar surface area (TPSA) is 80.0 Å². The zero-order valence-corrected chi connectivity index (χ0v) is 13.5. The number of rotatable bonds is 4. The van der Waals surface area contributed by atoms with E-state index >= 15 is 0 Å². The summed E-state index contributed by atoms with van der Waals surface area (Å²) in [5.74, 6) is 6.24. The summed E-state index contributed by atoms with van der Waals surface area (Å²) in [4.78, 5) is 16.3. The molecule has 1 amide bonds. The van der Waals surface area contributed by atoms with Crippen LogP contribution >= 0.6 is 0 Å². The minimum atomic E-state index is -1.06. The predicted octanol–water partition coefficient (Wildman–Crippen LogP) is 0.910. The molecule has 0 saturated carbocycles. The van der Waals surface area contributed by atoms with E-state index in [1.165, 1.54) is 6.33 Å². The monoisotopic (exact) mass is 312 g/mol. The molecule has 6 heteroatoms. The number of nitrogens with one attached hydrogen (secondary N) is 1. The molecule has 2 aromatic rings. The Morgan fingerprint density at radius 3 is 2.87 bits per heavy atom. The zero-order valence-electron chi connectivity index (χ0n) is 13.5. The Labute approximate surface area is 135 Å². The van der Waals surface area contributed by atoms with Crippen LogP contribution in [0.1, 0.15) is 35.6 Å². The summed E-state index contributed by atoms with van der Waals surface area (Å²) in [6, 6.07) is 7.00. The molecule has 1 heterocycles. The van der Waals surface area contributed by atoms with Crippen LogP contribution in [0.15, 0.2) is 30.6 Å². The quantitative estimate of drug-likeness (QED) is 0.823. The molecule has 0 fully saturated rings. The van der Waals surface area contributed by atoms with Gasteiger partial charge in [0.25, 0.3) is 5.91 Å². The van der Waals surface area contributed by atoms with Crippen molar-refractivity contribution >= 4 is 5.91 Å². The largest absolute Gasteiger partial charge is 0.378 e. The van der Waals surface area contributed by atoms with E-state index in [4.69, 9.17) is 0 Å². The molecule has 2 rings (SSSR count). The first-order valence-corrected chi connectivity index (χ1v) is 7.32. The molecule has 0 saturated heterocycles. The van der Waals surface area contributed by atoms with Gasteiger partial charge in [0.1, 0.15) is 17.8 Å². The van der Waals surface area contributed by atoms with E-state index in [9.17, 15) is 9.90 Å². The van der Waals surface area contributed by atoms with Gasteiger partial charge >= 0.3 is 0 Å². The Balaban J connectivity index is 1.96. The number of nitrogens with zero attached hydrogens (tertiary/aromatic N) is 3. The SMILES string of the molecule is Cn1ncnc1CCNC(=O)c1cccc(C#CC(C)(C)O)c1. The van der Waals surface area contributed by atoms with Gasteiger partial charge in [-0.3, -0.25) is 9.48 Å². The zero-order chi connectivity index (χ0) is 16.9. The minimum Gasteiger partial charge on any atom is -0.378 e. The molecular formula is C17H20N4O2. The average Bonchev–Trinajstić information content (AvgIpc) is 2.90. The van der Waals surface area contributed by atoms with Crippen LogP contribution in [0.4, 0.5) is 0 Å². The highest BCUT2D eigenvalue weighted by molar-refractivity contribution is 5.94. The molecule has 0 atom stereocenters. The summed E-state index contributed by atoms with van der Waals surface area (Å²) in [6.45, 7) is 3.71. The van der Waals surface area contributed by atoms with Crippen molar-refractivity contribution in [3.8, 4) is 11.8 Å². The van der Waals surface area contributed by atoms with Crippen LogP contribution in [-0.2, 0) is 13.5 Å². The lowest BCUT2D eigenvalue weighted by Crippen LogP contribution is -2.26. The van der Waals surface area contributed by atoms with Gasteiger partial charge < -0.3 is 10.4 Å². The van der Waals surface area contributed by atoms with Crippen molar-refractivity contribution in [3.63, 3.8) is 0 Å². The molecule has 2 N–H and O–H groups in total. The van der Waals surface area contributed by atoms with Gasteiger partial charge in [0, 0.05) is 31.1 Å². The van der Waals surface area contributed by atoms with Crippen LogP contribution in [0.25, 0.3) is 0 Å². The Kier molecular flexibility index (Phi) is 5.14. The van der Waals surface area contributed by atoms with Gasteiger partial charge in [0.05, 0.1) is 0 Å². The lowest BCUT2D eigenvalue weighted by molar-refractivity contribution is 0.0953. The fourth-order valence-corrected chi connectivity index (χ4v) is 1.90. The number of amides is 1. The molecule has 0 aliphatic rings. The molecule has 0 bridgehead atoms. The highest BCUT2D eigenvalue weighted by Gasteiger charge is 2.08. The van der Waals surface area contributed by atoms with Crippen molar-refractivity contribution < 1.29 is 9.90 Å². The minimum absolute atomic E-state index is 0.168. The van der Waals surface area contributed by atoms with Crippen molar-refractivity contribution in [1.82, 2.24) is 20.1 Å². The summed E-state index contributed by atoms with van der Waals surface area (Å²) in [5.41, 5.74) is 0.160. The number of benzene rings is 1. The van der Waals surface area contributed by atoms with E-state index in [2.05, 4.69) is 27.2 Å². The van der Waals surface area contributed by atoms with Gasteiger partial charge in [0.15, 0.2) is 0 Å². The summed E-state index contributed by atoms with van der Waals surface area (Å²) in [7, 11) is 1.81. The number of aryl methyl sites for hydroxylation is 1. The number of hydrogen-bond donors (Lipinski definition) is 2. The first-order valence-electron chi connectivity index (χ1n) is 7.32. The maximum absolute atomic E-state index is 12.2. The molecule has 0 unspecified atom stereocenters. The molecule has 120 valence electrons. The molecule has 0 aliphatic heterocycles. The van der Waals surface area contributed by atoms with E-state index in [0.717, 1.165) is 5.82 Å². The smallest absolute Gasteiger partial charge is 0.251 e. The van der Waals surface area contributed by atoms with Crippen LogP contribution in [-0.4, -0.2) is 37.9 Å². The summed E-state index contributed by atoms with van der Waals surface area (Å²) in [5, 5.41) is 16.4. The normalized spacial score (nSPS) is 10.8. The molecule has 1 aromatic carbocycles. The van der Waals surface area contributed by atoms with E-state index in [1.807, 2.05) is 7.05 Å². The standard InChI is InChI=1S/C17H20N4O2/c1-17(2,23)9-7-13-5-4-6-14(11-13)16(22)18-10-8-15-19-12-20-21(15)3/h4-6,11-12,23H,8,10H2,1-3H3,(H,18,22). The molecule has 0 spiro atoms. The first kappa shape index (κ1) is 16.7. The van der Waals surface area contributed by atoms with Crippen molar-refractivity contribution in [2.75, 3.05) is 6.54 Å². The van der Waals surface area contributed by atoms with Crippen LogP contribution < -0.4 is 5.32 Å². The fourth-order valence-electron chi connectivity index (χ4n) is 1.90. The van der Waals surface area contributed by atoms with Crippen molar-refractivity contribution in [1.29, 1.82) is 0 Å². The highest BCUT2D eigenvalue weighted by atomic mass is 16.3. The van der Waals surface area contributed by atoms with Crippen molar-refractivity contribution in [2.45, 2.75) is 25.9 Å². The van der Waals surface area contributed by atoms with E-state index in [1.54, 1.807) is 42.8 Å². The second-order valence-electron chi connectivity index (χ2n) is 5.70. The third-order valence-corrected chi connectivity index (χ3v) is 3.08. The van der Waals surface area contributed by atoms with Gasteiger partial charge in [-0.1, -0.05) is 17.9 Å². The number of aromatic nitrogens is 3. The highest BCUT2D eigenvalue weighted by Crippen LogP contribution is 2.06. The maximum atomic E-state index is 12.2. The first-order chi connectivity index (χ1) is 10.8. The van der Waals surface area contributed by atoms with E-state index in [0.29, 0.717) is 24.1 Å². The van der Waals surface area contributed by atoms with Gasteiger partial charge in [-0.05, 0) is 32.0 Å². The van der Waals surface area contributed by atoms with Crippen molar-refractivity contribution in [2.24, 2.45) is 7.05 Å². The van der Waals surface area contributed by atoms with Crippen LogP contribution in [0.2, 0.25) is 0 Å². The third kappa shape index (κ3) is 5.24. The number of carbonyl (C=O) groups is 1. The maximum Gasteiger partial charge on any atom is 0.251 e. The summed E-state index contributed by atoms with van der Waals surface area (Å²) < 4.78 is 1.68. The number of hydrogen-bond acceptors (Lipinski definition) is 4. The molecule has 0 radical (unpaired) electrons. The molecular weight excluding hydrogens is 292 g/mol. The van der Waals surface area contributed by atoms with Gasteiger partial charge in [0.2, 0.25) is 0 Å². The summed E-state index contributed by atoms with van der Waals surface area (Å²) in [6.07, 6.45) is 2.10. The van der Waals surface area contributed by atoms with Gasteiger partial charge in [-0.15, -0.1) is 0 Å². The van der Waals surface area contributed by atoms with Crippen molar-refractivity contribution in [3.05, 3.63) is 47.5 Å². The second-order valence-corrected chi connectivity index (χ2v) is 5.70. The average molecular weight is 312 g/mol. The van der Waals surface area contributed by atoms with Crippen LogP contribution in [0.3, 0.4) is 0 Å². The lowest BCUT2D eigenvalue weighted by atomic mass is 10.1. The number of aliphatic hydroxyl groups is 1. The Morgan fingerprint density at radius 1 is 1.43 bits per heavy atom.